The topological polar surface area (TPSA) is 35.5 Å². The summed E-state index contributed by atoms with van der Waals surface area (Å²) in [5.41, 5.74) is 4.02. The van der Waals surface area contributed by atoms with Gasteiger partial charge >= 0.3 is 0 Å². The van der Waals surface area contributed by atoms with E-state index in [-0.39, 0.29) is 0 Å². The first kappa shape index (κ1) is 15.8. The number of carbonyl (C=O) groups is 1. The molecule has 3 aromatic rings. The Balaban J connectivity index is 2.39. The fourth-order valence-corrected chi connectivity index (χ4v) is 2.88. The molecule has 0 fully saturated rings. The van der Waals surface area contributed by atoms with Gasteiger partial charge in [-0.15, -0.1) is 0 Å². The molecule has 0 radical (unpaired) electrons. The number of benzene rings is 3. The second-order valence-corrected chi connectivity index (χ2v) is 5.30. The molecule has 3 aromatic carbocycles. The quantitative estimate of drug-likeness (QED) is 0.631. The summed E-state index contributed by atoms with van der Waals surface area (Å²) in [6, 6.07) is 21.4. The summed E-state index contributed by atoms with van der Waals surface area (Å²) in [4.78, 5) is 12.0. The van der Waals surface area contributed by atoms with E-state index in [0.29, 0.717) is 17.1 Å². The van der Waals surface area contributed by atoms with E-state index in [1.807, 2.05) is 66.7 Å². The van der Waals surface area contributed by atoms with Crippen molar-refractivity contribution in [3.8, 4) is 33.8 Å². The van der Waals surface area contributed by atoms with Crippen molar-refractivity contribution in [1.82, 2.24) is 0 Å². The zero-order valence-electron chi connectivity index (χ0n) is 13.7. The summed E-state index contributed by atoms with van der Waals surface area (Å²) >= 11 is 0. The zero-order valence-corrected chi connectivity index (χ0v) is 13.7. The Hall–Kier alpha value is -3.07. The van der Waals surface area contributed by atoms with E-state index < -0.39 is 0 Å². The van der Waals surface area contributed by atoms with E-state index in [1.54, 1.807) is 14.2 Å². The van der Waals surface area contributed by atoms with Crippen molar-refractivity contribution in [2.45, 2.75) is 0 Å². The van der Waals surface area contributed by atoms with Gasteiger partial charge in [-0.2, -0.15) is 0 Å². The summed E-state index contributed by atoms with van der Waals surface area (Å²) < 4.78 is 11.1. The molecule has 0 unspecified atom stereocenters. The highest BCUT2D eigenvalue weighted by atomic mass is 16.5. The highest BCUT2D eigenvalue weighted by Crippen LogP contribution is 2.44. The molecule has 0 saturated heterocycles. The molecule has 0 N–H and O–H groups in total. The minimum absolute atomic E-state index is 0.561. The largest absolute Gasteiger partial charge is 0.493 e. The van der Waals surface area contributed by atoms with Crippen LogP contribution in [0.15, 0.2) is 66.7 Å². The molecular formula is C21H18O3. The maximum atomic E-state index is 12.0. The first-order valence-electron chi connectivity index (χ1n) is 7.65. The van der Waals surface area contributed by atoms with Gasteiger partial charge in [0.1, 0.15) is 0 Å². The standard InChI is InChI=1S/C21H18O3/c1-23-19-13-17(15-9-5-3-6-10-15)18(14-22)20(21(19)24-2)16-11-7-4-8-12-16/h3-14H,1-2H3. The minimum Gasteiger partial charge on any atom is -0.493 e. The number of hydrogen-bond donors (Lipinski definition) is 0. The second-order valence-electron chi connectivity index (χ2n) is 5.30. The maximum absolute atomic E-state index is 12.0. The Labute approximate surface area is 141 Å². The van der Waals surface area contributed by atoms with Crippen LogP contribution in [-0.2, 0) is 0 Å². The van der Waals surface area contributed by atoms with E-state index in [1.165, 1.54) is 0 Å². The van der Waals surface area contributed by atoms with Crippen LogP contribution in [0.1, 0.15) is 10.4 Å². The molecule has 0 atom stereocenters. The van der Waals surface area contributed by atoms with Crippen molar-refractivity contribution in [3.63, 3.8) is 0 Å². The van der Waals surface area contributed by atoms with Crippen LogP contribution in [-0.4, -0.2) is 20.5 Å². The molecule has 0 aliphatic heterocycles. The molecule has 3 rings (SSSR count). The van der Waals surface area contributed by atoms with Crippen molar-refractivity contribution < 1.29 is 14.3 Å². The molecular weight excluding hydrogens is 300 g/mol. The summed E-state index contributed by atoms with van der Waals surface area (Å²) in [5, 5.41) is 0. The lowest BCUT2D eigenvalue weighted by Gasteiger charge is -2.18. The molecule has 24 heavy (non-hydrogen) atoms. The molecule has 0 aliphatic carbocycles. The zero-order chi connectivity index (χ0) is 16.9. The van der Waals surface area contributed by atoms with Gasteiger partial charge in [0.2, 0.25) is 0 Å². The molecule has 3 heteroatoms. The van der Waals surface area contributed by atoms with Gasteiger partial charge in [-0.25, -0.2) is 0 Å². The Morgan fingerprint density at radius 3 is 1.88 bits per heavy atom. The number of aldehydes is 1. The van der Waals surface area contributed by atoms with Gasteiger partial charge in [0, 0.05) is 11.1 Å². The third-order valence-electron chi connectivity index (χ3n) is 3.97. The number of ether oxygens (including phenoxy) is 2. The van der Waals surface area contributed by atoms with Gasteiger partial charge in [0.05, 0.1) is 14.2 Å². The van der Waals surface area contributed by atoms with Crippen LogP contribution in [0.2, 0.25) is 0 Å². The van der Waals surface area contributed by atoms with E-state index in [4.69, 9.17) is 9.47 Å². The van der Waals surface area contributed by atoms with Crippen molar-refractivity contribution in [1.29, 1.82) is 0 Å². The summed E-state index contributed by atoms with van der Waals surface area (Å²) in [7, 11) is 3.18. The average Bonchev–Trinajstić information content (AvgIpc) is 2.67. The Morgan fingerprint density at radius 1 is 0.792 bits per heavy atom. The van der Waals surface area contributed by atoms with Crippen molar-refractivity contribution in [3.05, 3.63) is 72.3 Å². The summed E-state index contributed by atoms with van der Waals surface area (Å²) in [5.74, 6) is 1.16. The monoisotopic (exact) mass is 318 g/mol. The Bertz CT molecular complexity index is 840. The molecule has 0 bridgehead atoms. The SMILES string of the molecule is COc1cc(-c2ccccc2)c(C=O)c(-c2ccccc2)c1OC. The van der Waals surface area contributed by atoms with Crippen LogP contribution in [0.4, 0.5) is 0 Å². The molecule has 0 heterocycles. The lowest BCUT2D eigenvalue weighted by atomic mass is 9.91. The highest BCUT2D eigenvalue weighted by Gasteiger charge is 2.21. The third kappa shape index (κ3) is 2.76. The molecule has 0 aromatic heterocycles. The van der Waals surface area contributed by atoms with E-state index in [9.17, 15) is 4.79 Å². The van der Waals surface area contributed by atoms with E-state index in [2.05, 4.69) is 0 Å². The molecule has 120 valence electrons. The lowest BCUT2D eigenvalue weighted by molar-refractivity contribution is 0.112. The lowest BCUT2D eigenvalue weighted by Crippen LogP contribution is -2.00. The summed E-state index contributed by atoms with van der Waals surface area (Å²) in [6.45, 7) is 0. The van der Waals surface area contributed by atoms with Gasteiger partial charge in [-0.05, 0) is 22.8 Å². The van der Waals surface area contributed by atoms with Gasteiger partial charge in [-0.1, -0.05) is 60.7 Å². The van der Waals surface area contributed by atoms with Crippen LogP contribution in [0.25, 0.3) is 22.3 Å². The normalized spacial score (nSPS) is 10.2. The van der Waals surface area contributed by atoms with Crippen molar-refractivity contribution in [2.75, 3.05) is 14.2 Å². The van der Waals surface area contributed by atoms with Gasteiger partial charge in [0.25, 0.3) is 0 Å². The van der Waals surface area contributed by atoms with Crippen LogP contribution in [0.3, 0.4) is 0 Å². The van der Waals surface area contributed by atoms with Crippen molar-refractivity contribution >= 4 is 6.29 Å². The van der Waals surface area contributed by atoms with Gasteiger partial charge < -0.3 is 9.47 Å². The smallest absolute Gasteiger partial charge is 0.169 e. The first-order valence-corrected chi connectivity index (χ1v) is 7.65. The molecule has 0 amide bonds. The summed E-state index contributed by atoms with van der Waals surface area (Å²) in [6.07, 6.45) is 0.882. The number of methoxy groups -OCH3 is 2. The van der Waals surface area contributed by atoms with E-state index in [0.717, 1.165) is 28.5 Å². The number of carbonyl (C=O) groups excluding carboxylic acids is 1. The third-order valence-corrected chi connectivity index (χ3v) is 3.97. The average molecular weight is 318 g/mol. The minimum atomic E-state index is 0.561. The first-order chi connectivity index (χ1) is 11.8. The van der Waals surface area contributed by atoms with Crippen LogP contribution in [0.5, 0.6) is 11.5 Å². The van der Waals surface area contributed by atoms with E-state index >= 15 is 0 Å². The van der Waals surface area contributed by atoms with Gasteiger partial charge in [0.15, 0.2) is 17.8 Å². The van der Waals surface area contributed by atoms with Crippen LogP contribution < -0.4 is 9.47 Å². The fraction of sp³-hybridized carbons (Fsp3) is 0.0952. The van der Waals surface area contributed by atoms with Crippen LogP contribution >= 0.6 is 0 Å². The molecule has 0 saturated carbocycles. The van der Waals surface area contributed by atoms with Crippen LogP contribution in [0, 0.1) is 0 Å². The molecule has 3 nitrogen and oxygen atoms in total. The number of hydrogen-bond acceptors (Lipinski definition) is 3. The maximum Gasteiger partial charge on any atom is 0.169 e. The second kappa shape index (κ2) is 7.01. The predicted molar refractivity (Wildman–Crippen MR) is 95.8 cm³/mol. The Morgan fingerprint density at radius 2 is 1.38 bits per heavy atom. The molecule has 0 aliphatic rings. The van der Waals surface area contributed by atoms with Crippen molar-refractivity contribution in [2.24, 2.45) is 0 Å². The molecule has 0 spiro atoms. The predicted octanol–water partition coefficient (Wildman–Crippen LogP) is 4.85. The van der Waals surface area contributed by atoms with Gasteiger partial charge in [-0.3, -0.25) is 4.79 Å². The number of rotatable bonds is 5. The highest BCUT2D eigenvalue weighted by molar-refractivity contribution is 6.00. The Kier molecular flexibility index (Phi) is 4.62. The fourth-order valence-electron chi connectivity index (χ4n) is 2.88.